The summed E-state index contributed by atoms with van der Waals surface area (Å²) in [4.78, 5) is 6.48. The molecule has 0 bridgehead atoms. The molecule has 1 aliphatic heterocycles. The van der Waals surface area contributed by atoms with Gasteiger partial charge in [-0.1, -0.05) is 0 Å². The summed E-state index contributed by atoms with van der Waals surface area (Å²) < 4.78 is 8.12. The third kappa shape index (κ3) is 2.30. The van der Waals surface area contributed by atoms with Crippen molar-refractivity contribution in [1.82, 2.24) is 14.5 Å². The van der Waals surface area contributed by atoms with Gasteiger partial charge >= 0.3 is 0 Å². The number of morpholine rings is 1. The second kappa shape index (κ2) is 5.38. The minimum atomic E-state index is 0.245. The van der Waals surface area contributed by atoms with Crippen LogP contribution in [-0.4, -0.2) is 58.0 Å². The number of ether oxygens (including phenoxy) is 1. The van der Waals surface area contributed by atoms with Crippen LogP contribution in [0.2, 0.25) is 0 Å². The molecule has 1 saturated carbocycles. The van der Waals surface area contributed by atoms with Crippen LogP contribution >= 0.6 is 0 Å². The molecule has 2 aliphatic rings. The minimum absolute atomic E-state index is 0.245. The molecule has 0 amide bonds. The van der Waals surface area contributed by atoms with E-state index in [9.17, 15) is 0 Å². The third-order valence-corrected chi connectivity index (χ3v) is 4.23. The van der Waals surface area contributed by atoms with Crippen molar-refractivity contribution >= 4 is 0 Å². The normalized spacial score (nSPS) is 32.6. The van der Waals surface area contributed by atoms with Gasteiger partial charge in [0.25, 0.3) is 0 Å². The Kier molecular flexibility index (Phi) is 3.63. The predicted molar refractivity (Wildman–Crippen MR) is 67.1 cm³/mol. The lowest BCUT2D eigenvalue weighted by molar-refractivity contribution is -0.0785. The van der Waals surface area contributed by atoms with Crippen LogP contribution in [0.5, 0.6) is 0 Å². The Labute approximate surface area is 107 Å². The maximum Gasteiger partial charge on any atom is 0.0946 e. The van der Waals surface area contributed by atoms with Crippen LogP contribution in [0.15, 0.2) is 18.7 Å². The molecule has 1 aromatic heterocycles. The number of rotatable bonds is 4. The SMILES string of the molecule is OCCN1CCO[C@@H]2[C@H](Cn3ccnc3)CC[C@H]21. The molecule has 3 atom stereocenters. The van der Waals surface area contributed by atoms with Gasteiger partial charge in [0.1, 0.15) is 0 Å². The number of aromatic nitrogens is 2. The average Bonchev–Trinajstić information content (AvgIpc) is 3.01. The van der Waals surface area contributed by atoms with E-state index in [4.69, 9.17) is 9.84 Å². The molecule has 5 nitrogen and oxygen atoms in total. The summed E-state index contributed by atoms with van der Waals surface area (Å²) >= 11 is 0. The van der Waals surface area contributed by atoms with Gasteiger partial charge in [-0.05, 0) is 12.8 Å². The van der Waals surface area contributed by atoms with Crippen molar-refractivity contribution < 1.29 is 9.84 Å². The Morgan fingerprint density at radius 1 is 1.39 bits per heavy atom. The number of nitrogens with zero attached hydrogens (tertiary/aromatic N) is 3. The van der Waals surface area contributed by atoms with Crippen LogP contribution in [0.25, 0.3) is 0 Å². The summed E-state index contributed by atoms with van der Waals surface area (Å²) in [6, 6.07) is 0.499. The standard InChI is InChI=1S/C13H21N3O2/c17-7-5-16-6-8-18-13-11(1-2-12(13)16)9-15-4-3-14-10-15/h3-4,10-13,17H,1-2,5-9H2/t11-,12+,13+/m0/s1. The monoisotopic (exact) mass is 251 g/mol. The van der Waals surface area contributed by atoms with Crippen molar-refractivity contribution in [3.63, 3.8) is 0 Å². The van der Waals surface area contributed by atoms with Gasteiger partial charge in [0.15, 0.2) is 0 Å². The molecule has 0 unspecified atom stereocenters. The van der Waals surface area contributed by atoms with E-state index in [2.05, 4.69) is 14.5 Å². The van der Waals surface area contributed by atoms with Gasteiger partial charge in [-0.3, -0.25) is 4.90 Å². The highest BCUT2D eigenvalue weighted by Crippen LogP contribution is 2.35. The summed E-state index contributed by atoms with van der Waals surface area (Å²) in [6.07, 6.45) is 8.43. The van der Waals surface area contributed by atoms with Crippen molar-refractivity contribution in [3.05, 3.63) is 18.7 Å². The van der Waals surface area contributed by atoms with Crippen LogP contribution in [-0.2, 0) is 11.3 Å². The molecule has 1 aromatic rings. The molecule has 3 rings (SSSR count). The van der Waals surface area contributed by atoms with Crippen molar-refractivity contribution in [3.8, 4) is 0 Å². The van der Waals surface area contributed by atoms with Gasteiger partial charge in [0, 0.05) is 44.0 Å². The van der Waals surface area contributed by atoms with E-state index in [0.717, 1.165) is 26.2 Å². The van der Waals surface area contributed by atoms with Crippen molar-refractivity contribution in [2.24, 2.45) is 5.92 Å². The number of imidazole rings is 1. The number of hydrogen-bond acceptors (Lipinski definition) is 4. The highest BCUT2D eigenvalue weighted by atomic mass is 16.5. The Morgan fingerprint density at radius 2 is 2.33 bits per heavy atom. The van der Waals surface area contributed by atoms with Crippen molar-refractivity contribution in [2.45, 2.75) is 31.5 Å². The third-order valence-electron chi connectivity index (χ3n) is 4.23. The molecule has 1 saturated heterocycles. The topological polar surface area (TPSA) is 50.5 Å². The van der Waals surface area contributed by atoms with Gasteiger partial charge in [0.05, 0.1) is 25.6 Å². The lowest BCUT2D eigenvalue weighted by Gasteiger charge is -2.39. The Bertz CT molecular complexity index is 366. The van der Waals surface area contributed by atoms with E-state index in [1.807, 2.05) is 18.7 Å². The molecule has 5 heteroatoms. The maximum atomic E-state index is 9.12. The highest BCUT2D eigenvalue weighted by molar-refractivity contribution is 4.95. The maximum absolute atomic E-state index is 9.12. The smallest absolute Gasteiger partial charge is 0.0946 e. The zero-order chi connectivity index (χ0) is 12.4. The van der Waals surface area contributed by atoms with Gasteiger partial charge in [-0.15, -0.1) is 0 Å². The summed E-state index contributed by atoms with van der Waals surface area (Å²) in [6.45, 7) is 3.77. The zero-order valence-electron chi connectivity index (χ0n) is 10.6. The lowest BCUT2D eigenvalue weighted by Crippen LogP contribution is -2.51. The summed E-state index contributed by atoms with van der Waals surface area (Å²) in [5, 5.41) is 9.12. The fraction of sp³-hybridized carbons (Fsp3) is 0.769. The fourth-order valence-electron chi connectivity index (χ4n) is 3.40. The van der Waals surface area contributed by atoms with E-state index in [-0.39, 0.29) is 6.61 Å². The zero-order valence-corrected chi connectivity index (χ0v) is 10.6. The summed E-state index contributed by atoms with van der Waals surface area (Å²) in [7, 11) is 0. The molecule has 0 radical (unpaired) electrons. The van der Waals surface area contributed by atoms with E-state index < -0.39 is 0 Å². The Morgan fingerprint density at radius 3 is 3.11 bits per heavy atom. The van der Waals surface area contributed by atoms with Crippen LogP contribution < -0.4 is 0 Å². The van der Waals surface area contributed by atoms with Crippen LogP contribution in [0.4, 0.5) is 0 Å². The lowest BCUT2D eigenvalue weighted by atomic mass is 10.0. The van der Waals surface area contributed by atoms with Crippen LogP contribution in [0.3, 0.4) is 0 Å². The first-order chi connectivity index (χ1) is 8.88. The molecular formula is C13H21N3O2. The molecule has 2 fully saturated rings. The van der Waals surface area contributed by atoms with Crippen molar-refractivity contribution in [2.75, 3.05) is 26.3 Å². The van der Waals surface area contributed by atoms with Crippen molar-refractivity contribution in [1.29, 1.82) is 0 Å². The van der Waals surface area contributed by atoms with Gasteiger partial charge in [-0.2, -0.15) is 0 Å². The highest BCUT2D eigenvalue weighted by Gasteiger charge is 2.42. The molecule has 1 aliphatic carbocycles. The van der Waals surface area contributed by atoms with E-state index in [1.165, 1.54) is 12.8 Å². The second-order valence-electron chi connectivity index (χ2n) is 5.26. The first-order valence-corrected chi connectivity index (χ1v) is 6.81. The number of hydrogen-bond donors (Lipinski definition) is 1. The number of aliphatic hydroxyl groups is 1. The number of fused-ring (bicyclic) bond motifs is 1. The van der Waals surface area contributed by atoms with Crippen LogP contribution in [0, 0.1) is 5.92 Å². The molecule has 0 spiro atoms. The minimum Gasteiger partial charge on any atom is -0.395 e. The van der Waals surface area contributed by atoms with E-state index >= 15 is 0 Å². The molecule has 100 valence electrons. The fourth-order valence-corrected chi connectivity index (χ4v) is 3.40. The Hall–Kier alpha value is -0.910. The van der Waals surface area contributed by atoms with E-state index in [1.54, 1.807) is 0 Å². The quantitative estimate of drug-likeness (QED) is 0.839. The molecule has 2 heterocycles. The summed E-state index contributed by atoms with van der Waals surface area (Å²) in [5.41, 5.74) is 0. The average molecular weight is 251 g/mol. The molecular weight excluding hydrogens is 230 g/mol. The van der Waals surface area contributed by atoms with E-state index in [0.29, 0.717) is 18.1 Å². The number of aliphatic hydroxyl groups excluding tert-OH is 1. The Balaban J connectivity index is 1.65. The van der Waals surface area contributed by atoms with Gasteiger partial charge in [0.2, 0.25) is 0 Å². The molecule has 18 heavy (non-hydrogen) atoms. The summed E-state index contributed by atoms with van der Waals surface area (Å²) in [5.74, 6) is 0.575. The second-order valence-corrected chi connectivity index (χ2v) is 5.26. The van der Waals surface area contributed by atoms with Gasteiger partial charge in [-0.25, -0.2) is 4.98 Å². The number of β-amino-alcohol motifs (C(OH)–C–C–N with tert-alkyl or cyclic N) is 1. The first-order valence-electron chi connectivity index (χ1n) is 6.81. The van der Waals surface area contributed by atoms with Crippen LogP contribution in [0.1, 0.15) is 12.8 Å². The predicted octanol–water partition coefficient (Wildman–Crippen LogP) is 0.355. The molecule has 1 N–H and O–H groups in total. The van der Waals surface area contributed by atoms with Gasteiger partial charge < -0.3 is 14.4 Å². The first kappa shape index (κ1) is 12.1. The molecule has 0 aromatic carbocycles. The largest absolute Gasteiger partial charge is 0.395 e.